The number of unbranched alkanes of at least 4 members (excludes halogenated alkanes) is 1. The van der Waals surface area contributed by atoms with E-state index in [0.717, 1.165) is 18.8 Å². The number of fused-ring (bicyclic) bond motifs is 1. The van der Waals surface area contributed by atoms with Crippen molar-refractivity contribution in [3.63, 3.8) is 0 Å². The molecule has 122 valence electrons. The first-order valence-corrected chi connectivity index (χ1v) is 9.09. The fourth-order valence-electron chi connectivity index (χ4n) is 3.15. The Morgan fingerprint density at radius 1 is 0.957 bits per heavy atom. The normalized spacial score (nSPS) is 14.0. The second-order valence-corrected chi connectivity index (χ2v) is 6.79. The Labute approximate surface area is 140 Å². The van der Waals surface area contributed by atoms with Crippen molar-refractivity contribution in [1.29, 1.82) is 0 Å². The summed E-state index contributed by atoms with van der Waals surface area (Å²) in [6, 6.07) is 15.6. The zero-order chi connectivity index (χ0) is 16.1. The molecule has 3 rings (SSSR count). The van der Waals surface area contributed by atoms with Crippen molar-refractivity contribution in [3.05, 3.63) is 64.7 Å². The lowest BCUT2D eigenvalue weighted by molar-refractivity contribution is 0.307. The van der Waals surface area contributed by atoms with Crippen molar-refractivity contribution >= 4 is 0 Å². The molecule has 0 fully saturated rings. The molecule has 1 atom stereocenters. The predicted molar refractivity (Wildman–Crippen MR) is 97.4 cm³/mol. The van der Waals surface area contributed by atoms with Crippen LogP contribution in [0.1, 0.15) is 61.3 Å². The van der Waals surface area contributed by atoms with E-state index in [2.05, 4.69) is 56.3 Å². The van der Waals surface area contributed by atoms with Gasteiger partial charge in [-0.1, -0.05) is 44.2 Å². The van der Waals surface area contributed by atoms with Crippen LogP contribution < -0.4 is 4.74 Å². The fraction of sp³-hybridized carbons (Fsp3) is 0.455. The Hall–Kier alpha value is -1.76. The molecule has 0 bridgehead atoms. The highest BCUT2D eigenvalue weighted by Crippen LogP contribution is 2.24. The summed E-state index contributed by atoms with van der Waals surface area (Å²) in [4.78, 5) is 0. The Morgan fingerprint density at radius 2 is 1.74 bits per heavy atom. The van der Waals surface area contributed by atoms with Gasteiger partial charge in [-0.15, -0.1) is 0 Å². The summed E-state index contributed by atoms with van der Waals surface area (Å²) in [7, 11) is 0. The largest absolute Gasteiger partial charge is 0.494 e. The molecular formula is C22H28O. The molecule has 0 saturated heterocycles. The van der Waals surface area contributed by atoms with E-state index in [1.807, 2.05) is 0 Å². The highest BCUT2D eigenvalue weighted by Gasteiger charge is 2.12. The lowest BCUT2D eigenvalue weighted by Crippen LogP contribution is -2.08. The van der Waals surface area contributed by atoms with Gasteiger partial charge in [0.1, 0.15) is 5.75 Å². The van der Waals surface area contributed by atoms with Crippen LogP contribution in [0.2, 0.25) is 0 Å². The summed E-state index contributed by atoms with van der Waals surface area (Å²) in [6.07, 6.45) is 7.22. The van der Waals surface area contributed by atoms with Crippen LogP contribution in [0.15, 0.2) is 42.5 Å². The number of hydrogen-bond donors (Lipinski definition) is 0. The Kier molecular flexibility index (Phi) is 5.38. The van der Waals surface area contributed by atoms with Crippen molar-refractivity contribution in [2.75, 3.05) is 6.61 Å². The third-order valence-corrected chi connectivity index (χ3v) is 5.12. The summed E-state index contributed by atoms with van der Waals surface area (Å²) in [5.74, 6) is 1.63. The molecule has 0 spiro atoms. The minimum atomic E-state index is 0.632. The number of aryl methyl sites for hydroxylation is 3. The molecule has 1 heteroatoms. The first kappa shape index (κ1) is 16.1. The first-order valence-electron chi connectivity index (χ1n) is 9.09. The van der Waals surface area contributed by atoms with Crippen molar-refractivity contribution in [3.8, 4) is 5.75 Å². The maximum absolute atomic E-state index is 5.87. The zero-order valence-corrected chi connectivity index (χ0v) is 14.5. The quantitative estimate of drug-likeness (QED) is 0.568. The van der Waals surface area contributed by atoms with Gasteiger partial charge in [-0.25, -0.2) is 0 Å². The monoisotopic (exact) mass is 308 g/mol. The smallest absolute Gasteiger partial charge is 0.119 e. The molecule has 2 aromatic rings. The molecule has 2 aromatic carbocycles. The predicted octanol–water partition coefficient (Wildman–Crippen LogP) is 5.70. The SMILES string of the molecule is CCC(C)c1ccc(OCCCCc2ccc3c(c2)CC3)cc1. The van der Waals surface area contributed by atoms with E-state index in [4.69, 9.17) is 4.74 Å². The van der Waals surface area contributed by atoms with Crippen LogP contribution in [0.3, 0.4) is 0 Å². The Morgan fingerprint density at radius 3 is 2.39 bits per heavy atom. The van der Waals surface area contributed by atoms with Crippen molar-refractivity contribution in [2.24, 2.45) is 0 Å². The first-order chi connectivity index (χ1) is 11.3. The van der Waals surface area contributed by atoms with E-state index in [1.54, 1.807) is 11.1 Å². The second kappa shape index (κ2) is 7.68. The van der Waals surface area contributed by atoms with Crippen LogP contribution >= 0.6 is 0 Å². The summed E-state index contributed by atoms with van der Waals surface area (Å²) in [5, 5.41) is 0. The van der Waals surface area contributed by atoms with Crippen LogP contribution in [-0.4, -0.2) is 6.61 Å². The highest BCUT2D eigenvalue weighted by molar-refractivity contribution is 5.38. The molecule has 0 aliphatic heterocycles. The molecular weight excluding hydrogens is 280 g/mol. The third kappa shape index (κ3) is 4.16. The fourth-order valence-corrected chi connectivity index (χ4v) is 3.15. The molecule has 0 heterocycles. The van der Waals surface area contributed by atoms with Gasteiger partial charge in [0, 0.05) is 0 Å². The lowest BCUT2D eigenvalue weighted by atomic mass is 9.86. The van der Waals surface area contributed by atoms with Crippen molar-refractivity contribution in [2.45, 2.75) is 58.3 Å². The van der Waals surface area contributed by atoms with Gasteiger partial charge in [0.15, 0.2) is 0 Å². The van der Waals surface area contributed by atoms with Crippen LogP contribution in [0.5, 0.6) is 5.75 Å². The number of rotatable bonds is 8. The molecule has 23 heavy (non-hydrogen) atoms. The van der Waals surface area contributed by atoms with Gasteiger partial charge >= 0.3 is 0 Å². The van der Waals surface area contributed by atoms with Crippen LogP contribution in [0, 0.1) is 0 Å². The van der Waals surface area contributed by atoms with Crippen molar-refractivity contribution < 1.29 is 4.74 Å². The van der Waals surface area contributed by atoms with Crippen molar-refractivity contribution in [1.82, 2.24) is 0 Å². The van der Waals surface area contributed by atoms with Gasteiger partial charge in [0.25, 0.3) is 0 Å². The van der Waals surface area contributed by atoms with Gasteiger partial charge in [0.05, 0.1) is 6.61 Å². The lowest BCUT2D eigenvalue weighted by Gasteiger charge is -2.19. The van der Waals surface area contributed by atoms with E-state index in [1.165, 1.54) is 43.2 Å². The number of benzene rings is 2. The number of ether oxygens (including phenoxy) is 1. The molecule has 0 amide bonds. The second-order valence-electron chi connectivity index (χ2n) is 6.79. The molecule has 0 radical (unpaired) electrons. The third-order valence-electron chi connectivity index (χ3n) is 5.12. The minimum Gasteiger partial charge on any atom is -0.494 e. The maximum Gasteiger partial charge on any atom is 0.119 e. The van der Waals surface area contributed by atoms with E-state index in [0.29, 0.717) is 5.92 Å². The molecule has 1 aliphatic rings. The average Bonchev–Trinajstić information content (AvgIpc) is 2.56. The van der Waals surface area contributed by atoms with Gasteiger partial charge < -0.3 is 4.74 Å². The summed E-state index contributed by atoms with van der Waals surface area (Å²) >= 11 is 0. The Bertz CT molecular complexity index is 627. The van der Waals surface area contributed by atoms with Gasteiger partial charge in [0.2, 0.25) is 0 Å². The topological polar surface area (TPSA) is 9.23 Å². The van der Waals surface area contributed by atoms with Crippen LogP contribution in [0.25, 0.3) is 0 Å². The van der Waals surface area contributed by atoms with E-state index < -0.39 is 0 Å². The molecule has 0 aromatic heterocycles. The molecule has 1 aliphatic carbocycles. The van der Waals surface area contributed by atoms with Gasteiger partial charge in [-0.05, 0) is 78.8 Å². The summed E-state index contributed by atoms with van der Waals surface area (Å²) < 4.78 is 5.87. The van der Waals surface area contributed by atoms with Crippen LogP contribution in [-0.2, 0) is 19.3 Å². The van der Waals surface area contributed by atoms with E-state index in [9.17, 15) is 0 Å². The summed E-state index contributed by atoms with van der Waals surface area (Å²) in [6.45, 7) is 5.31. The Balaban J connectivity index is 1.37. The molecule has 1 nitrogen and oxygen atoms in total. The highest BCUT2D eigenvalue weighted by atomic mass is 16.5. The summed E-state index contributed by atoms with van der Waals surface area (Å²) in [5.41, 5.74) is 6.01. The standard InChI is InChI=1S/C22H28O/c1-3-17(2)19-11-13-22(14-12-19)23-15-5-4-6-18-7-8-20-9-10-21(20)16-18/h7-8,11-14,16-17H,3-6,9-10,15H2,1-2H3. The van der Waals surface area contributed by atoms with Crippen LogP contribution in [0.4, 0.5) is 0 Å². The van der Waals surface area contributed by atoms with Gasteiger partial charge in [-0.3, -0.25) is 0 Å². The minimum absolute atomic E-state index is 0.632. The van der Waals surface area contributed by atoms with Gasteiger partial charge in [-0.2, -0.15) is 0 Å². The van der Waals surface area contributed by atoms with E-state index in [-0.39, 0.29) is 0 Å². The molecule has 0 saturated carbocycles. The molecule has 0 N–H and O–H groups in total. The number of hydrogen-bond acceptors (Lipinski definition) is 1. The maximum atomic E-state index is 5.87. The average molecular weight is 308 g/mol. The zero-order valence-electron chi connectivity index (χ0n) is 14.5. The molecule has 1 unspecified atom stereocenters. The van der Waals surface area contributed by atoms with E-state index >= 15 is 0 Å².